The molecular formula is C19H28O4. The molecule has 128 valence electrons. The summed E-state index contributed by atoms with van der Waals surface area (Å²) in [6.45, 7) is 4.27. The first-order valence-corrected chi connectivity index (χ1v) is 8.48. The van der Waals surface area contributed by atoms with Crippen LogP contribution >= 0.6 is 0 Å². The molecule has 23 heavy (non-hydrogen) atoms. The molecule has 4 nitrogen and oxygen atoms in total. The maximum atomic E-state index is 12.6. The van der Waals surface area contributed by atoms with Crippen molar-refractivity contribution in [3.05, 3.63) is 29.3 Å². The van der Waals surface area contributed by atoms with Gasteiger partial charge in [0.05, 0.1) is 25.7 Å². The second kappa shape index (κ2) is 10.8. The zero-order chi connectivity index (χ0) is 17.1. The monoisotopic (exact) mass is 320 g/mol. The van der Waals surface area contributed by atoms with Crippen LogP contribution in [0.5, 0.6) is 5.75 Å². The minimum atomic E-state index is -0.322. The van der Waals surface area contributed by atoms with Crippen LogP contribution in [0.1, 0.15) is 68.3 Å². The number of carbonyl (C=O) groups excluding carboxylic acids is 2. The van der Waals surface area contributed by atoms with Gasteiger partial charge < -0.3 is 9.47 Å². The highest BCUT2D eigenvalue weighted by atomic mass is 16.5. The summed E-state index contributed by atoms with van der Waals surface area (Å²) in [5, 5.41) is 0. The van der Waals surface area contributed by atoms with Crippen LogP contribution in [0.3, 0.4) is 0 Å². The first kappa shape index (κ1) is 19.2. The minimum absolute atomic E-state index is 0.0400. The Labute approximate surface area is 139 Å². The summed E-state index contributed by atoms with van der Waals surface area (Å²) in [6.07, 6.45) is 6.06. The molecule has 0 amide bonds. The molecule has 0 aliphatic heterocycles. The van der Waals surface area contributed by atoms with Crippen LogP contribution in [-0.2, 0) is 16.0 Å². The van der Waals surface area contributed by atoms with Crippen molar-refractivity contribution in [2.24, 2.45) is 0 Å². The lowest BCUT2D eigenvalue weighted by Gasteiger charge is -2.13. The summed E-state index contributed by atoms with van der Waals surface area (Å²) in [5.41, 5.74) is 1.21. The van der Waals surface area contributed by atoms with E-state index in [1.54, 1.807) is 32.2 Å². The zero-order valence-electron chi connectivity index (χ0n) is 14.5. The highest BCUT2D eigenvalue weighted by Gasteiger charge is 2.19. The Morgan fingerprint density at radius 2 is 1.78 bits per heavy atom. The smallest absolute Gasteiger partial charge is 0.310 e. The summed E-state index contributed by atoms with van der Waals surface area (Å²) in [6, 6.07) is 5.36. The number of rotatable bonds is 11. The Hall–Kier alpha value is -1.84. The molecular weight excluding hydrogens is 292 g/mol. The number of hydrogen-bond acceptors (Lipinski definition) is 4. The van der Waals surface area contributed by atoms with E-state index in [-0.39, 0.29) is 18.2 Å². The fourth-order valence-electron chi connectivity index (χ4n) is 2.59. The summed E-state index contributed by atoms with van der Waals surface area (Å²) < 4.78 is 10.3. The van der Waals surface area contributed by atoms with Gasteiger partial charge in [-0.3, -0.25) is 9.59 Å². The molecule has 1 aromatic carbocycles. The van der Waals surface area contributed by atoms with Crippen LogP contribution in [-0.4, -0.2) is 25.5 Å². The maximum absolute atomic E-state index is 12.6. The molecule has 0 bridgehead atoms. The summed E-state index contributed by atoms with van der Waals surface area (Å²) in [5.74, 6) is 0.251. The van der Waals surface area contributed by atoms with Crippen molar-refractivity contribution in [3.8, 4) is 5.75 Å². The molecule has 0 N–H and O–H groups in total. The number of hydrogen-bond donors (Lipinski definition) is 0. The predicted molar refractivity (Wildman–Crippen MR) is 91.0 cm³/mol. The number of methoxy groups -OCH3 is 1. The number of ketones is 1. The van der Waals surface area contributed by atoms with Gasteiger partial charge in [-0.1, -0.05) is 44.7 Å². The van der Waals surface area contributed by atoms with Crippen molar-refractivity contribution in [3.63, 3.8) is 0 Å². The largest absolute Gasteiger partial charge is 0.496 e. The van der Waals surface area contributed by atoms with Gasteiger partial charge in [0.1, 0.15) is 5.75 Å². The Bertz CT molecular complexity index is 508. The van der Waals surface area contributed by atoms with Crippen LogP contribution in [0.4, 0.5) is 0 Å². The lowest BCUT2D eigenvalue weighted by molar-refractivity contribution is -0.142. The highest BCUT2D eigenvalue weighted by molar-refractivity contribution is 6.01. The third-order valence-corrected chi connectivity index (χ3v) is 3.76. The van der Waals surface area contributed by atoms with Crippen molar-refractivity contribution in [2.45, 2.75) is 58.8 Å². The third-order valence-electron chi connectivity index (χ3n) is 3.76. The molecule has 1 rings (SSSR count). The number of ether oxygens (including phenoxy) is 2. The molecule has 4 heteroatoms. The van der Waals surface area contributed by atoms with Gasteiger partial charge >= 0.3 is 5.97 Å². The summed E-state index contributed by atoms with van der Waals surface area (Å²) in [4.78, 5) is 24.3. The van der Waals surface area contributed by atoms with Crippen molar-refractivity contribution < 1.29 is 19.1 Å². The molecule has 0 fully saturated rings. The van der Waals surface area contributed by atoms with Crippen molar-refractivity contribution in [1.82, 2.24) is 0 Å². The predicted octanol–water partition coefficient (Wildman–Crippen LogP) is 4.34. The number of esters is 1. The van der Waals surface area contributed by atoms with E-state index in [2.05, 4.69) is 6.92 Å². The maximum Gasteiger partial charge on any atom is 0.310 e. The lowest BCUT2D eigenvalue weighted by Crippen LogP contribution is -2.13. The SMILES string of the molecule is CCCCCCCC(=O)c1c(CC(=O)OCC)cccc1OC. The van der Waals surface area contributed by atoms with Gasteiger partial charge in [-0.25, -0.2) is 0 Å². The Morgan fingerprint density at radius 1 is 1.04 bits per heavy atom. The van der Waals surface area contributed by atoms with Crippen LogP contribution in [0.25, 0.3) is 0 Å². The minimum Gasteiger partial charge on any atom is -0.496 e. The second-order valence-corrected chi connectivity index (χ2v) is 5.56. The quantitative estimate of drug-likeness (QED) is 0.346. The Kier molecular flexibility index (Phi) is 9.03. The molecule has 0 spiro atoms. The average molecular weight is 320 g/mol. The molecule has 1 aromatic rings. The molecule has 0 radical (unpaired) electrons. The van der Waals surface area contributed by atoms with E-state index in [4.69, 9.17) is 9.47 Å². The van der Waals surface area contributed by atoms with E-state index in [9.17, 15) is 9.59 Å². The number of carbonyl (C=O) groups is 2. The van der Waals surface area contributed by atoms with Crippen LogP contribution in [0.2, 0.25) is 0 Å². The molecule has 0 aliphatic carbocycles. The van der Waals surface area contributed by atoms with E-state index < -0.39 is 0 Å². The van der Waals surface area contributed by atoms with Gasteiger partial charge in [-0.05, 0) is 25.0 Å². The Balaban J connectivity index is 2.80. The first-order valence-electron chi connectivity index (χ1n) is 8.48. The second-order valence-electron chi connectivity index (χ2n) is 5.56. The Morgan fingerprint density at radius 3 is 2.43 bits per heavy atom. The van der Waals surface area contributed by atoms with E-state index in [0.717, 1.165) is 19.3 Å². The average Bonchev–Trinajstić information content (AvgIpc) is 2.54. The van der Waals surface area contributed by atoms with Gasteiger partial charge in [-0.15, -0.1) is 0 Å². The third kappa shape index (κ3) is 6.43. The van der Waals surface area contributed by atoms with Crippen LogP contribution in [0, 0.1) is 0 Å². The van der Waals surface area contributed by atoms with E-state index in [1.807, 2.05) is 0 Å². The normalized spacial score (nSPS) is 10.4. The number of unbranched alkanes of at least 4 members (excludes halogenated alkanes) is 4. The fourth-order valence-corrected chi connectivity index (χ4v) is 2.59. The summed E-state index contributed by atoms with van der Waals surface area (Å²) >= 11 is 0. The van der Waals surface area contributed by atoms with Gasteiger partial charge in [0, 0.05) is 6.42 Å². The van der Waals surface area contributed by atoms with Crippen LogP contribution in [0.15, 0.2) is 18.2 Å². The molecule has 0 atom stereocenters. The number of benzene rings is 1. The topological polar surface area (TPSA) is 52.6 Å². The molecule has 0 saturated carbocycles. The van der Waals surface area contributed by atoms with Gasteiger partial charge in [-0.2, -0.15) is 0 Å². The van der Waals surface area contributed by atoms with E-state index in [0.29, 0.717) is 29.9 Å². The van der Waals surface area contributed by atoms with Crippen molar-refractivity contribution in [1.29, 1.82) is 0 Å². The zero-order valence-corrected chi connectivity index (χ0v) is 14.5. The van der Waals surface area contributed by atoms with Crippen molar-refractivity contribution >= 4 is 11.8 Å². The summed E-state index contributed by atoms with van der Waals surface area (Å²) in [7, 11) is 1.54. The molecule has 0 aromatic heterocycles. The fraction of sp³-hybridized carbons (Fsp3) is 0.579. The molecule has 0 saturated heterocycles. The molecule has 0 aliphatic rings. The van der Waals surface area contributed by atoms with E-state index >= 15 is 0 Å². The van der Waals surface area contributed by atoms with Gasteiger partial charge in [0.25, 0.3) is 0 Å². The van der Waals surface area contributed by atoms with Gasteiger partial charge in [0.15, 0.2) is 5.78 Å². The van der Waals surface area contributed by atoms with Crippen LogP contribution < -0.4 is 4.74 Å². The molecule has 0 heterocycles. The molecule has 0 unspecified atom stereocenters. The first-order chi connectivity index (χ1) is 11.1. The highest BCUT2D eigenvalue weighted by Crippen LogP contribution is 2.25. The standard InChI is InChI=1S/C19H28O4/c1-4-6-7-8-9-12-16(20)19-15(14-18(21)23-5-2)11-10-13-17(19)22-3/h10-11,13H,4-9,12,14H2,1-3H3. The van der Waals surface area contributed by atoms with Crippen molar-refractivity contribution in [2.75, 3.05) is 13.7 Å². The lowest BCUT2D eigenvalue weighted by atomic mass is 9.96. The van der Waals surface area contributed by atoms with Gasteiger partial charge in [0.2, 0.25) is 0 Å². The van der Waals surface area contributed by atoms with E-state index in [1.165, 1.54) is 12.8 Å². The number of Topliss-reactive ketones (excluding diaryl/α,β-unsaturated/α-hetero) is 1.